The number of rotatable bonds is 1. The molecule has 0 fully saturated rings. The van der Waals surface area contributed by atoms with Crippen molar-refractivity contribution in [1.29, 1.82) is 0 Å². The first-order valence-corrected chi connectivity index (χ1v) is 7.87. The highest BCUT2D eigenvalue weighted by Crippen LogP contribution is 2.32. The molecular weight excluding hydrogens is 306 g/mol. The lowest BCUT2D eigenvalue weighted by Crippen LogP contribution is -2.30. The Morgan fingerprint density at radius 2 is 1.83 bits per heavy atom. The maximum absolute atomic E-state index is 14.3. The Morgan fingerprint density at radius 3 is 2.67 bits per heavy atom. The van der Waals surface area contributed by atoms with Crippen molar-refractivity contribution in [3.05, 3.63) is 77.0 Å². The van der Waals surface area contributed by atoms with Gasteiger partial charge in [-0.1, -0.05) is 18.2 Å². The first-order valence-electron chi connectivity index (χ1n) is 7.87. The van der Waals surface area contributed by atoms with Crippen LogP contribution in [0.25, 0.3) is 10.9 Å². The lowest BCUT2D eigenvalue weighted by atomic mass is 9.84. The zero-order valence-electron chi connectivity index (χ0n) is 13.5. The Morgan fingerprint density at radius 1 is 1.04 bits per heavy atom. The Kier molecular flexibility index (Phi) is 3.23. The average Bonchev–Trinajstić information content (AvgIpc) is 2.57. The summed E-state index contributed by atoms with van der Waals surface area (Å²) >= 11 is 0. The smallest absolute Gasteiger partial charge is 0.162 e. The molecule has 0 atom stereocenters. The average molecular weight is 322 g/mol. The lowest BCUT2D eigenvalue weighted by Gasteiger charge is -2.29. The van der Waals surface area contributed by atoms with Gasteiger partial charge in [0.25, 0.3) is 0 Å². The number of hydrogen-bond acceptors (Lipinski definition) is 2. The molecule has 3 aromatic rings. The number of para-hydroxylation sites is 1. The molecule has 2 aromatic carbocycles. The highest BCUT2D eigenvalue weighted by molar-refractivity contribution is 6.15. The van der Waals surface area contributed by atoms with Gasteiger partial charge in [-0.2, -0.15) is 0 Å². The number of benzene rings is 2. The summed E-state index contributed by atoms with van der Waals surface area (Å²) in [5.41, 5.74) is 2.90. The molecule has 1 aromatic heterocycles. The molecule has 0 unspecified atom stereocenters. The zero-order chi connectivity index (χ0) is 16.9. The van der Waals surface area contributed by atoms with E-state index in [0.29, 0.717) is 23.3 Å². The molecule has 1 aliphatic rings. The molecule has 2 nitrogen and oxygen atoms in total. The molecule has 0 radical (unpaired) electrons. The van der Waals surface area contributed by atoms with Gasteiger partial charge in [-0.05, 0) is 38.1 Å². The minimum Gasteiger partial charge on any atom is -0.278 e. The van der Waals surface area contributed by atoms with E-state index in [1.54, 1.807) is 12.3 Å². The predicted octanol–water partition coefficient (Wildman–Crippen LogP) is 4.69. The number of aromatic nitrogens is 1. The SMILES string of the molecule is CC1(C)Cc2c(ccc(F)c2F)C(c2cnc3ccccc3c2)=N1. The van der Waals surface area contributed by atoms with Crippen LogP contribution in [0.1, 0.15) is 30.5 Å². The Balaban J connectivity index is 1.95. The summed E-state index contributed by atoms with van der Waals surface area (Å²) in [5.74, 6) is -1.59. The summed E-state index contributed by atoms with van der Waals surface area (Å²) in [6.07, 6.45) is 2.12. The van der Waals surface area contributed by atoms with Crippen LogP contribution in [0.2, 0.25) is 0 Å². The summed E-state index contributed by atoms with van der Waals surface area (Å²) < 4.78 is 28.0. The second-order valence-corrected chi connectivity index (χ2v) is 6.75. The third-order valence-corrected chi connectivity index (χ3v) is 4.34. The summed E-state index contributed by atoms with van der Waals surface area (Å²) in [5, 5.41) is 0.991. The van der Waals surface area contributed by atoms with Crippen LogP contribution >= 0.6 is 0 Å². The molecule has 0 bridgehead atoms. The van der Waals surface area contributed by atoms with E-state index in [0.717, 1.165) is 22.5 Å². The van der Waals surface area contributed by atoms with Gasteiger partial charge in [0.1, 0.15) is 0 Å². The fourth-order valence-corrected chi connectivity index (χ4v) is 3.24. The molecule has 1 aliphatic heterocycles. The molecule has 0 saturated carbocycles. The van der Waals surface area contributed by atoms with Crippen molar-refractivity contribution in [1.82, 2.24) is 4.98 Å². The topological polar surface area (TPSA) is 25.2 Å². The standard InChI is InChI=1S/C20H16F2N2/c1-20(2)10-15-14(7-8-16(21)18(15)22)19(24-20)13-9-12-5-3-4-6-17(12)23-11-13/h3-9,11H,10H2,1-2H3. The number of aliphatic imine (C=N–C) groups is 1. The molecule has 0 spiro atoms. The number of pyridine rings is 1. The normalized spacial score (nSPS) is 15.9. The lowest BCUT2D eigenvalue weighted by molar-refractivity contribution is 0.462. The first-order chi connectivity index (χ1) is 11.4. The minimum absolute atomic E-state index is 0.371. The molecule has 120 valence electrons. The van der Waals surface area contributed by atoms with Gasteiger partial charge in [0.15, 0.2) is 11.6 Å². The van der Waals surface area contributed by atoms with Crippen molar-refractivity contribution >= 4 is 16.6 Å². The summed E-state index contributed by atoms with van der Waals surface area (Å²) in [6.45, 7) is 3.85. The second-order valence-electron chi connectivity index (χ2n) is 6.75. The van der Waals surface area contributed by atoms with Crippen LogP contribution < -0.4 is 0 Å². The zero-order valence-corrected chi connectivity index (χ0v) is 13.5. The van der Waals surface area contributed by atoms with Gasteiger partial charge in [0, 0.05) is 34.7 Å². The van der Waals surface area contributed by atoms with Crippen LogP contribution in [0, 0.1) is 11.6 Å². The maximum Gasteiger partial charge on any atom is 0.162 e. The quantitative estimate of drug-likeness (QED) is 0.638. The van der Waals surface area contributed by atoms with E-state index < -0.39 is 17.2 Å². The third-order valence-electron chi connectivity index (χ3n) is 4.34. The second kappa shape index (κ2) is 5.20. The van der Waals surface area contributed by atoms with Gasteiger partial charge in [-0.3, -0.25) is 9.98 Å². The molecule has 4 heteroatoms. The van der Waals surface area contributed by atoms with Crippen molar-refractivity contribution in [3.63, 3.8) is 0 Å². The van der Waals surface area contributed by atoms with Crippen LogP contribution in [0.3, 0.4) is 0 Å². The number of nitrogens with zero attached hydrogens (tertiary/aromatic N) is 2. The molecular formula is C20H16F2N2. The largest absolute Gasteiger partial charge is 0.278 e. The Hall–Kier alpha value is -2.62. The van der Waals surface area contributed by atoms with E-state index in [-0.39, 0.29) is 0 Å². The molecule has 0 amide bonds. The van der Waals surface area contributed by atoms with Gasteiger partial charge in [0.05, 0.1) is 16.8 Å². The molecule has 0 aliphatic carbocycles. The number of hydrogen-bond donors (Lipinski definition) is 0. The molecule has 0 N–H and O–H groups in total. The van der Waals surface area contributed by atoms with Crippen LogP contribution in [0.4, 0.5) is 8.78 Å². The van der Waals surface area contributed by atoms with E-state index in [4.69, 9.17) is 4.99 Å². The van der Waals surface area contributed by atoms with Crippen molar-refractivity contribution in [2.24, 2.45) is 4.99 Å². The minimum atomic E-state index is -0.817. The van der Waals surface area contributed by atoms with E-state index in [1.165, 1.54) is 0 Å². The summed E-state index contributed by atoms with van der Waals surface area (Å²) in [4.78, 5) is 9.26. The maximum atomic E-state index is 14.3. The fraction of sp³-hybridized carbons (Fsp3) is 0.200. The summed E-state index contributed by atoms with van der Waals surface area (Å²) in [6, 6.07) is 12.6. The van der Waals surface area contributed by atoms with Crippen molar-refractivity contribution in [3.8, 4) is 0 Å². The highest BCUT2D eigenvalue weighted by Gasteiger charge is 2.30. The van der Waals surface area contributed by atoms with E-state index in [1.807, 2.05) is 44.2 Å². The molecule has 4 rings (SSSR count). The van der Waals surface area contributed by atoms with Crippen LogP contribution in [-0.2, 0) is 6.42 Å². The van der Waals surface area contributed by atoms with Gasteiger partial charge in [-0.25, -0.2) is 8.78 Å². The van der Waals surface area contributed by atoms with E-state index in [9.17, 15) is 8.78 Å². The Labute approximate surface area is 138 Å². The third kappa shape index (κ3) is 2.39. The van der Waals surface area contributed by atoms with Crippen LogP contribution in [-0.4, -0.2) is 16.2 Å². The van der Waals surface area contributed by atoms with E-state index >= 15 is 0 Å². The summed E-state index contributed by atoms with van der Waals surface area (Å²) in [7, 11) is 0. The number of fused-ring (bicyclic) bond motifs is 2. The van der Waals surface area contributed by atoms with Gasteiger partial charge in [0.2, 0.25) is 0 Å². The molecule has 0 saturated heterocycles. The van der Waals surface area contributed by atoms with Gasteiger partial charge >= 0.3 is 0 Å². The fourth-order valence-electron chi connectivity index (χ4n) is 3.24. The first kappa shape index (κ1) is 14.9. The van der Waals surface area contributed by atoms with Gasteiger partial charge < -0.3 is 0 Å². The predicted molar refractivity (Wildman–Crippen MR) is 91.5 cm³/mol. The van der Waals surface area contributed by atoms with Crippen molar-refractivity contribution in [2.75, 3.05) is 0 Å². The van der Waals surface area contributed by atoms with Gasteiger partial charge in [-0.15, -0.1) is 0 Å². The number of halogens is 2. The van der Waals surface area contributed by atoms with E-state index in [2.05, 4.69) is 4.98 Å². The van der Waals surface area contributed by atoms with Crippen LogP contribution in [0.15, 0.2) is 53.7 Å². The molecule has 2 heterocycles. The highest BCUT2D eigenvalue weighted by atomic mass is 19.2. The van der Waals surface area contributed by atoms with Crippen molar-refractivity contribution in [2.45, 2.75) is 25.8 Å². The molecule has 24 heavy (non-hydrogen) atoms. The monoisotopic (exact) mass is 322 g/mol. The van der Waals surface area contributed by atoms with Crippen LogP contribution in [0.5, 0.6) is 0 Å². The van der Waals surface area contributed by atoms with Crippen molar-refractivity contribution < 1.29 is 8.78 Å². The Bertz CT molecular complexity index is 990.